The molecule has 6 aromatic rings. The maximum atomic E-state index is 14.0. The Kier molecular flexibility index (Phi) is 9.33. The molecule has 3 amide bonds. The molecule has 58 heavy (non-hydrogen) atoms. The third kappa shape index (κ3) is 6.78. The van der Waals surface area contributed by atoms with Crippen molar-refractivity contribution in [2.45, 2.75) is 83.6 Å². The minimum atomic E-state index is -0.682. The van der Waals surface area contributed by atoms with Gasteiger partial charge in [0.15, 0.2) is 0 Å². The van der Waals surface area contributed by atoms with E-state index >= 15 is 0 Å². The van der Waals surface area contributed by atoms with Crippen molar-refractivity contribution in [2.75, 3.05) is 27.4 Å². The second-order valence-corrected chi connectivity index (χ2v) is 17.7. The van der Waals surface area contributed by atoms with Gasteiger partial charge in [0.1, 0.15) is 23.3 Å². The number of ether oxygens (including phenoxy) is 3. The number of piperidine rings is 1. The van der Waals surface area contributed by atoms with Crippen LogP contribution in [0, 0.1) is 17.8 Å². The SMILES string of the molecule is COCC1CC(c2nc3c(ccc4cc(-c5ccc6c(ccc7[nH]c([C@@H]8C[C@H]9C[C@H]9N8C(=O)[C@@H](NC(=O)OC)C(C)C)nc76)c5)ccc43)[nH]2)N(C(=O)OC(C)(C)C)C1. The second kappa shape index (κ2) is 14.3. The van der Waals surface area contributed by atoms with Crippen LogP contribution in [0.4, 0.5) is 9.59 Å². The number of nitrogens with one attached hydrogen (secondary N) is 3. The van der Waals surface area contributed by atoms with Crippen LogP contribution in [0.2, 0.25) is 0 Å². The maximum absolute atomic E-state index is 14.0. The number of fused-ring (bicyclic) bond motifs is 7. The molecule has 13 nitrogen and oxygen atoms in total. The van der Waals surface area contributed by atoms with E-state index in [1.807, 2.05) is 39.5 Å². The van der Waals surface area contributed by atoms with Gasteiger partial charge in [-0.25, -0.2) is 19.6 Å². The number of aromatic amines is 2. The van der Waals surface area contributed by atoms with Gasteiger partial charge in [0.25, 0.3) is 0 Å². The summed E-state index contributed by atoms with van der Waals surface area (Å²) in [6.45, 7) is 10.6. The minimum Gasteiger partial charge on any atom is -0.453 e. The molecule has 2 saturated heterocycles. The Bertz CT molecular complexity index is 2590. The van der Waals surface area contributed by atoms with Crippen LogP contribution >= 0.6 is 0 Å². The second-order valence-electron chi connectivity index (χ2n) is 17.7. The van der Waals surface area contributed by atoms with Crippen LogP contribution in [-0.4, -0.2) is 92.9 Å². The summed E-state index contributed by atoms with van der Waals surface area (Å²) >= 11 is 0. The monoisotopic (exact) mass is 785 g/mol. The number of likely N-dealkylation sites (tertiary alicyclic amines) is 2. The normalized spacial score (nSPS) is 22.3. The molecule has 3 N–H and O–H groups in total. The van der Waals surface area contributed by atoms with Crippen molar-refractivity contribution in [3.8, 4) is 11.1 Å². The van der Waals surface area contributed by atoms with Gasteiger partial charge < -0.3 is 34.4 Å². The molecule has 6 atom stereocenters. The predicted octanol–water partition coefficient (Wildman–Crippen LogP) is 8.40. The van der Waals surface area contributed by atoms with Crippen LogP contribution in [0.1, 0.15) is 77.6 Å². The highest BCUT2D eigenvalue weighted by molar-refractivity contribution is 6.07. The molecular formula is C45H51N7O6. The summed E-state index contributed by atoms with van der Waals surface area (Å²) in [6, 6.07) is 20.3. The van der Waals surface area contributed by atoms with Crippen LogP contribution in [0.15, 0.2) is 60.7 Å². The smallest absolute Gasteiger partial charge is 0.410 e. The molecule has 0 bridgehead atoms. The summed E-state index contributed by atoms with van der Waals surface area (Å²) in [7, 11) is 3.00. The number of aromatic nitrogens is 4. The van der Waals surface area contributed by atoms with Crippen molar-refractivity contribution < 1.29 is 28.6 Å². The van der Waals surface area contributed by atoms with Gasteiger partial charge in [-0.2, -0.15) is 0 Å². The molecule has 302 valence electrons. The fraction of sp³-hybridized carbons (Fsp3) is 0.444. The fourth-order valence-corrected chi connectivity index (χ4v) is 9.26. The molecule has 4 heterocycles. The quantitative estimate of drug-likeness (QED) is 0.139. The van der Waals surface area contributed by atoms with Crippen molar-refractivity contribution in [1.29, 1.82) is 0 Å². The van der Waals surface area contributed by atoms with Gasteiger partial charge in [-0.1, -0.05) is 50.2 Å². The van der Waals surface area contributed by atoms with Crippen molar-refractivity contribution in [2.24, 2.45) is 17.8 Å². The molecule has 1 saturated carbocycles. The Morgan fingerprint density at radius 3 is 1.98 bits per heavy atom. The molecular weight excluding hydrogens is 735 g/mol. The van der Waals surface area contributed by atoms with E-state index in [1.54, 1.807) is 12.0 Å². The van der Waals surface area contributed by atoms with Crippen molar-refractivity contribution in [3.63, 3.8) is 0 Å². The molecule has 3 fully saturated rings. The number of nitrogens with zero attached hydrogens (tertiary/aromatic N) is 4. The molecule has 4 aromatic carbocycles. The lowest BCUT2D eigenvalue weighted by Crippen LogP contribution is -2.52. The first-order valence-electron chi connectivity index (χ1n) is 20.3. The summed E-state index contributed by atoms with van der Waals surface area (Å²) in [5, 5.41) is 6.96. The molecule has 0 spiro atoms. The van der Waals surface area contributed by atoms with E-state index in [2.05, 4.69) is 75.9 Å². The van der Waals surface area contributed by atoms with Crippen LogP contribution in [0.5, 0.6) is 0 Å². The number of methoxy groups -OCH3 is 2. The highest BCUT2D eigenvalue weighted by Gasteiger charge is 2.56. The van der Waals surface area contributed by atoms with Crippen molar-refractivity contribution >= 4 is 61.7 Å². The molecule has 2 aromatic heterocycles. The summed E-state index contributed by atoms with van der Waals surface area (Å²) < 4.78 is 16.1. The molecule has 0 radical (unpaired) electrons. The summed E-state index contributed by atoms with van der Waals surface area (Å²) in [5.74, 6) is 1.95. The number of hydrogen-bond donors (Lipinski definition) is 3. The number of imidazole rings is 2. The first-order chi connectivity index (χ1) is 27.8. The number of hydrogen-bond acceptors (Lipinski definition) is 8. The fourth-order valence-electron chi connectivity index (χ4n) is 9.26. The Hall–Kier alpha value is -5.69. The summed E-state index contributed by atoms with van der Waals surface area (Å²) in [6.07, 6.45) is 1.60. The zero-order valence-corrected chi connectivity index (χ0v) is 34.1. The Balaban J connectivity index is 0.991. The predicted molar refractivity (Wildman–Crippen MR) is 222 cm³/mol. The standard InChI is InChI=1S/C45H51N7O6/c1-23(2)37(50-43(54)57-7)42(53)52-34-19-29(34)20-36(52)41-47-33-15-11-28-18-26(9-13-31(28)39(33)49-41)25-8-12-30-27(17-25)10-14-32-38(30)48-40(46-32)35-16-24(22-56-6)21-51(35)44(55)58-45(3,4)5/h8-15,17-18,23-24,29,34-37H,16,19-22H2,1-7H3,(H,46,48)(H,47,49)(H,50,54)/t24?,29-,34-,35?,36+,37+/m1/s1. The highest BCUT2D eigenvalue weighted by Crippen LogP contribution is 2.53. The zero-order chi connectivity index (χ0) is 40.6. The number of carbonyl (C=O) groups is 3. The van der Waals surface area contributed by atoms with Gasteiger partial charge >= 0.3 is 12.2 Å². The zero-order valence-electron chi connectivity index (χ0n) is 34.1. The van der Waals surface area contributed by atoms with Crippen LogP contribution in [0.3, 0.4) is 0 Å². The van der Waals surface area contributed by atoms with Gasteiger partial charge in [0.2, 0.25) is 5.91 Å². The van der Waals surface area contributed by atoms with E-state index in [-0.39, 0.29) is 42.0 Å². The largest absolute Gasteiger partial charge is 0.453 e. The van der Waals surface area contributed by atoms with Crippen molar-refractivity contribution in [1.82, 2.24) is 35.1 Å². The molecule has 2 aliphatic heterocycles. The van der Waals surface area contributed by atoms with Gasteiger partial charge in [0, 0.05) is 36.4 Å². The topological polar surface area (TPSA) is 155 Å². The van der Waals surface area contributed by atoms with Gasteiger partial charge in [-0.15, -0.1) is 0 Å². The summed E-state index contributed by atoms with van der Waals surface area (Å²) in [5.41, 5.74) is 5.15. The molecule has 9 rings (SSSR count). The number of amides is 3. The average molecular weight is 786 g/mol. The average Bonchev–Trinajstić information content (AvgIpc) is 3.62. The summed E-state index contributed by atoms with van der Waals surface area (Å²) in [4.78, 5) is 60.4. The molecule has 3 aliphatic rings. The molecule has 13 heteroatoms. The van der Waals surface area contributed by atoms with E-state index in [0.29, 0.717) is 19.1 Å². The van der Waals surface area contributed by atoms with Gasteiger partial charge in [0.05, 0.1) is 47.9 Å². The lowest BCUT2D eigenvalue weighted by atomic mass is 9.98. The van der Waals surface area contributed by atoms with E-state index in [1.165, 1.54) is 7.11 Å². The Morgan fingerprint density at radius 2 is 1.43 bits per heavy atom. The van der Waals surface area contributed by atoms with Crippen LogP contribution < -0.4 is 5.32 Å². The third-order valence-electron chi connectivity index (χ3n) is 12.1. The van der Waals surface area contributed by atoms with E-state index in [0.717, 1.165) is 85.6 Å². The molecule has 1 aliphatic carbocycles. The number of alkyl carbamates (subject to hydrolysis) is 1. The maximum Gasteiger partial charge on any atom is 0.410 e. The number of rotatable bonds is 8. The van der Waals surface area contributed by atoms with Crippen molar-refractivity contribution in [3.05, 3.63) is 72.3 Å². The Morgan fingerprint density at radius 1 is 0.828 bits per heavy atom. The van der Waals surface area contributed by atoms with E-state index in [9.17, 15) is 14.4 Å². The lowest BCUT2D eigenvalue weighted by Gasteiger charge is -2.31. The van der Waals surface area contributed by atoms with Crippen LogP contribution in [0.25, 0.3) is 54.7 Å². The van der Waals surface area contributed by atoms with E-state index < -0.39 is 17.7 Å². The minimum absolute atomic E-state index is 0.0936. The lowest BCUT2D eigenvalue weighted by molar-refractivity contribution is -0.136. The number of carbonyl (C=O) groups excluding carboxylic acids is 3. The molecule has 2 unspecified atom stereocenters. The highest BCUT2D eigenvalue weighted by atomic mass is 16.6. The van der Waals surface area contributed by atoms with E-state index in [4.69, 9.17) is 24.2 Å². The van der Waals surface area contributed by atoms with Gasteiger partial charge in [-0.3, -0.25) is 9.69 Å². The van der Waals surface area contributed by atoms with Crippen LogP contribution in [-0.2, 0) is 19.0 Å². The van der Waals surface area contributed by atoms with Gasteiger partial charge in [-0.05, 0) is 98.0 Å². The number of H-pyrrole nitrogens is 2. The third-order valence-corrected chi connectivity index (χ3v) is 12.1. The first-order valence-corrected chi connectivity index (χ1v) is 20.3. The Labute approximate surface area is 336 Å². The number of benzene rings is 4. The first kappa shape index (κ1) is 37.9.